The maximum atomic E-state index is 13.1. The molecule has 0 saturated heterocycles. The van der Waals surface area contributed by atoms with Gasteiger partial charge < -0.3 is 5.32 Å². The van der Waals surface area contributed by atoms with Gasteiger partial charge in [-0.05, 0) is 25.1 Å². The molecule has 1 aromatic carbocycles. The number of nitriles is 1. The highest BCUT2D eigenvalue weighted by Gasteiger charge is 2.09. The standard InChI is InChI=1S/C12H10FN3S/c1-8(12-15-4-5-17-12)16-10-2-3-11(13)9(6-10)7-14/h2-6,8,16H,1H3. The van der Waals surface area contributed by atoms with E-state index in [2.05, 4.69) is 10.3 Å². The first kappa shape index (κ1) is 11.6. The van der Waals surface area contributed by atoms with Crippen molar-refractivity contribution < 1.29 is 4.39 Å². The van der Waals surface area contributed by atoms with Gasteiger partial charge in [0.15, 0.2) is 0 Å². The van der Waals surface area contributed by atoms with Gasteiger partial charge in [-0.3, -0.25) is 0 Å². The Balaban J connectivity index is 2.17. The van der Waals surface area contributed by atoms with Crippen LogP contribution in [0.3, 0.4) is 0 Å². The first-order valence-electron chi connectivity index (χ1n) is 5.06. The first-order chi connectivity index (χ1) is 8.20. The van der Waals surface area contributed by atoms with Gasteiger partial charge in [-0.15, -0.1) is 11.3 Å². The highest BCUT2D eigenvalue weighted by Crippen LogP contribution is 2.22. The van der Waals surface area contributed by atoms with E-state index in [0.29, 0.717) is 5.69 Å². The van der Waals surface area contributed by atoms with Crippen molar-refractivity contribution in [3.05, 3.63) is 46.2 Å². The number of thiazole rings is 1. The lowest BCUT2D eigenvalue weighted by molar-refractivity contribution is 0.624. The Morgan fingerprint density at radius 2 is 2.35 bits per heavy atom. The molecule has 3 nitrogen and oxygen atoms in total. The van der Waals surface area contributed by atoms with Crippen molar-refractivity contribution in [2.75, 3.05) is 5.32 Å². The molecule has 0 aliphatic heterocycles. The van der Waals surface area contributed by atoms with E-state index in [1.807, 2.05) is 18.4 Å². The Morgan fingerprint density at radius 3 is 3.00 bits per heavy atom. The average Bonchev–Trinajstić information content (AvgIpc) is 2.85. The first-order valence-corrected chi connectivity index (χ1v) is 5.94. The third-order valence-electron chi connectivity index (χ3n) is 2.29. The molecule has 1 unspecified atom stereocenters. The normalized spacial score (nSPS) is 11.8. The summed E-state index contributed by atoms with van der Waals surface area (Å²) in [6.45, 7) is 1.97. The molecule has 0 saturated carbocycles. The fraction of sp³-hybridized carbons (Fsp3) is 0.167. The zero-order chi connectivity index (χ0) is 12.3. The summed E-state index contributed by atoms with van der Waals surface area (Å²) in [4.78, 5) is 4.19. The molecule has 0 bridgehead atoms. The van der Waals surface area contributed by atoms with Gasteiger partial charge in [0.2, 0.25) is 0 Å². The predicted molar refractivity (Wildman–Crippen MR) is 65.3 cm³/mol. The molecular weight excluding hydrogens is 237 g/mol. The van der Waals surface area contributed by atoms with Gasteiger partial charge in [-0.2, -0.15) is 5.26 Å². The average molecular weight is 247 g/mol. The lowest BCUT2D eigenvalue weighted by atomic mass is 10.2. The van der Waals surface area contributed by atoms with Gasteiger partial charge in [0.05, 0.1) is 11.6 Å². The highest BCUT2D eigenvalue weighted by molar-refractivity contribution is 7.09. The molecule has 2 aromatic rings. The lowest BCUT2D eigenvalue weighted by Crippen LogP contribution is -2.06. The fourth-order valence-electron chi connectivity index (χ4n) is 1.46. The number of nitrogens with one attached hydrogen (secondary N) is 1. The minimum absolute atomic E-state index is 0.0343. The van der Waals surface area contributed by atoms with Crippen molar-refractivity contribution in [1.29, 1.82) is 5.26 Å². The van der Waals surface area contributed by atoms with Crippen LogP contribution in [0.15, 0.2) is 29.8 Å². The lowest BCUT2D eigenvalue weighted by Gasteiger charge is -2.12. The van der Waals surface area contributed by atoms with Crippen LogP contribution >= 0.6 is 11.3 Å². The summed E-state index contributed by atoms with van der Waals surface area (Å²) in [6, 6.07) is 6.25. The molecule has 17 heavy (non-hydrogen) atoms. The molecule has 0 spiro atoms. The number of hydrogen-bond acceptors (Lipinski definition) is 4. The maximum Gasteiger partial charge on any atom is 0.141 e. The fourth-order valence-corrected chi connectivity index (χ4v) is 2.11. The topological polar surface area (TPSA) is 48.7 Å². The van der Waals surface area contributed by atoms with Crippen LogP contribution in [0.4, 0.5) is 10.1 Å². The number of benzene rings is 1. The number of anilines is 1. The van der Waals surface area contributed by atoms with E-state index < -0.39 is 5.82 Å². The number of aromatic nitrogens is 1. The summed E-state index contributed by atoms with van der Waals surface area (Å²) in [7, 11) is 0. The summed E-state index contributed by atoms with van der Waals surface area (Å²) < 4.78 is 13.1. The molecular formula is C12H10FN3S. The van der Waals surface area contributed by atoms with Crippen LogP contribution in [0.1, 0.15) is 23.5 Å². The number of nitrogens with zero attached hydrogens (tertiary/aromatic N) is 2. The smallest absolute Gasteiger partial charge is 0.141 e. The van der Waals surface area contributed by atoms with Crippen LogP contribution in [0, 0.1) is 17.1 Å². The second kappa shape index (κ2) is 4.93. The molecule has 5 heteroatoms. The molecule has 0 radical (unpaired) electrons. The summed E-state index contributed by atoms with van der Waals surface area (Å²) in [5.74, 6) is -0.500. The number of rotatable bonds is 3. The van der Waals surface area contributed by atoms with E-state index in [0.717, 1.165) is 5.01 Å². The molecule has 1 atom stereocenters. The molecule has 86 valence electrons. The zero-order valence-electron chi connectivity index (χ0n) is 9.14. The SMILES string of the molecule is CC(Nc1ccc(F)c(C#N)c1)c1nccs1. The molecule has 0 fully saturated rings. The quantitative estimate of drug-likeness (QED) is 0.905. The Labute approximate surface area is 103 Å². The molecule has 2 rings (SSSR count). The van der Waals surface area contributed by atoms with Crippen LogP contribution in [0.2, 0.25) is 0 Å². The van der Waals surface area contributed by atoms with Gasteiger partial charge in [0.25, 0.3) is 0 Å². The second-order valence-electron chi connectivity index (χ2n) is 3.54. The molecule has 1 heterocycles. The summed E-state index contributed by atoms with van der Waals surface area (Å²) in [5, 5.41) is 14.8. The summed E-state index contributed by atoms with van der Waals surface area (Å²) >= 11 is 1.55. The monoisotopic (exact) mass is 247 g/mol. The Bertz CT molecular complexity index is 545. The molecule has 1 aromatic heterocycles. The Kier molecular flexibility index (Phi) is 3.35. The molecule has 1 N–H and O–H groups in total. The molecule has 0 aliphatic carbocycles. The second-order valence-corrected chi connectivity index (χ2v) is 4.47. The van der Waals surface area contributed by atoms with E-state index in [1.165, 1.54) is 12.1 Å². The van der Waals surface area contributed by atoms with Gasteiger partial charge in [-0.25, -0.2) is 9.37 Å². The predicted octanol–water partition coefficient (Wildman–Crippen LogP) is 3.33. The van der Waals surface area contributed by atoms with Gasteiger partial charge in [0, 0.05) is 17.3 Å². The largest absolute Gasteiger partial charge is 0.376 e. The summed E-state index contributed by atoms with van der Waals surface area (Å²) in [5.41, 5.74) is 0.756. The highest BCUT2D eigenvalue weighted by atomic mass is 32.1. The zero-order valence-corrected chi connectivity index (χ0v) is 9.96. The van der Waals surface area contributed by atoms with Crippen molar-refractivity contribution in [2.45, 2.75) is 13.0 Å². The van der Waals surface area contributed by atoms with Crippen LogP contribution in [-0.4, -0.2) is 4.98 Å². The summed E-state index contributed by atoms with van der Waals surface area (Å²) in [6.07, 6.45) is 1.74. The molecule has 0 amide bonds. The number of hydrogen-bond donors (Lipinski definition) is 1. The van der Waals surface area contributed by atoms with Crippen molar-refractivity contribution in [2.24, 2.45) is 0 Å². The van der Waals surface area contributed by atoms with Crippen molar-refractivity contribution in [1.82, 2.24) is 4.98 Å². The van der Waals surface area contributed by atoms with Crippen LogP contribution in [-0.2, 0) is 0 Å². The molecule has 0 aliphatic rings. The maximum absolute atomic E-state index is 13.1. The Hall–Kier alpha value is -1.93. The van der Waals surface area contributed by atoms with E-state index in [1.54, 1.807) is 23.6 Å². The third-order valence-corrected chi connectivity index (χ3v) is 3.25. The van der Waals surface area contributed by atoms with E-state index >= 15 is 0 Å². The van der Waals surface area contributed by atoms with Crippen LogP contribution < -0.4 is 5.32 Å². The minimum Gasteiger partial charge on any atom is -0.376 e. The number of halogens is 1. The van der Waals surface area contributed by atoms with Gasteiger partial charge >= 0.3 is 0 Å². The van der Waals surface area contributed by atoms with Gasteiger partial charge in [-0.1, -0.05) is 0 Å². The van der Waals surface area contributed by atoms with E-state index in [4.69, 9.17) is 5.26 Å². The van der Waals surface area contributed by atoms with Gasteiger partial charge in [0.1, 0.15) is 16.9 Å². The minimum atomic E-state index is -0.500. The van der Waals surface area contributed by atoms with E-state index in [-0.39, 0.29) is 11.6 Å². The van der Waals surface area contributed by atoms with Crippen molar-refractivity contribution in [3.8, 4) is 6.07 Å². The third kappa shape index (κ3) is 2.60. The van der Waals surface area contributed by atoms with Crippen LogP contribution in [0.5, 0.6) is 0 Å². The Morgan fingerprint density at radius 1 is 1.53 bits per heavy atom. The van der Waals surface area contributed by atoms with Crippen LogP contribution in [0.25, 0.3) is 0 Å². The van der Waals surface area contributed by atoms with E-state index in [9.17, 15) is 4.39 Å². The van der Waals surface area contributed by atoms with Crippen molar-refractivity contribution in [3.63, 3.8) is 0 Å². The van der Waals surface area contributed by atoms with Crippen molar-refractivity contribution >= 4 is 17.0 Å².